The predicted octanol–water partition coefficient (Wildman–Crippen LogP) is 2.17. The van der Waals surface area contributed by atoms with Crippen LogP contribution in [0.4, 0.5) is 10.5 Å². The van der Waals surface area contributed by atoms with Crippen molar-refractivity contribution in [2.24, 2.45) is 0 Å². The standard InChI is InChI=1S/C11H12N4OS/c1-8-14-10(7-17-8)6-13-11(16)15-9-3-2-4-12-5-9/h2-5,7H,6H2,1H3,(H2,13,15,16). The van der Waals surface area contributed by atoms with Crippen LogP contribution in [-0.4, -0.2) is 16.0 Å². The van der Waals surface area contributed by atoms with Crippen LogP contribution in [0.25, 0.3) is 0 Å². The lowest BCUT2D eigenvalue weighted by molar-refractivity contribution is 0.251. The maximum Gasteiger partial charge on any atom is 0.319 e. The predicted molar refractivity (Wildman–Crippen MR) is 66.9 cm³/mol. The number of nitrogens with one attached hydrogen (secondary N) is 2. The van der Waals surface area contributed by atoms with E-state index in [1.807, 2.05) is 12.3 Å². The van der Waals surface area contributed by atoms with Crippen LogP contribution in [0, 0.1) is 6.92 Å². The number of anilines is 1. The molecule has 2 aromatic rings. The number of urea groups is 1. The van der Waals surface area contributed by atoms with Gasteiger partial charge in [0.2, 0.25) is 0 Å². The zero-order valence-electron chi connectivity index (χ0n) is 9.30. The van der Waals surface area contributed by atoms with Crippen molar-refractivity contribution in [1.29, 1.82) is 0 Å². The van der Waals surface area contributed by atoms with Gasteiger partial charge in [0.05, 0.1) is 29.1 Å². The van der Waals surface area contributed by atoms with Gasteiger partial charge in [-0.1, -0.05) is 0 Å². The number of amides is 2. The van der Waals surface area contributed by atoms with Gasteiger partial charge in [-0.15, -0.1) is 11.3 Å². The molecule has 6 heteroatoms. The van der Waals surface area contributed by atoms with Gasteiger partial charge in [0.1, 0.15) is 0 Å². The maximum absolute atomic E-state index is 11.5. The lowest BCUT2D eigenvalue weighted by atomic mass is 10.4. The summed E-state index contributed by atoms with van der Waals surface area (Å²) in [5.41, 5.74) is 1.54. The molecule has 0 spiro atoms. The zero-order valence-corrected chi connectivity index (χ0v) is 10.1. The maximum atomic E-state index is 11.5. The Balaban J connectivity index is 1.82. The van der Waals surface area contributed by atoms with Crippen molar-refractivity contribution >= 4 is 23.1 Å². The van der Waals surface area contributed by atoms with Gasteiger partial charge < -0.3 is 10.6 Å². The average molecular weight is 248 g/mol. The van der Waals surface area contributed by atoms with Gasteiger partial charge in [-0.25, -0.2) is 9.78 Å². The first kappa shape index (κ1) is 11.5. The third-order valence-corrected chi connectivity index (χ3v) is 2.84. The minimum atomic E-state index is -0.261. The molecule has 0 aliphatic heterocycles. The van der Waals surface area contributed by atoms with E-state index in [-0.39, 0.29) is 6.03 Å². The molecule has 0 aliphatic rings. The van der Waals surface area contributed by atoms with Gasteiger partial charge in [0.15, 0.2) is 0 Å². The summed E-state index contributed by atoms with van der Waals surface area (Å²) in [6.07, 6.45) is 3.24. The van der Waals surface area contributed by atoms with Gasteiger partial charge in [-0.2, -0.15) is 0 Å². The molecule has 5 nitrogen and oxygen atoms in total. The third-order valence-electron chi connectivity index (χ3n) is 2.02. The van der Waals surface area contributed by atoms with E-state index >= 15 is 0 Å². The highest BCUT2D eigenvalue weighted by molar-refractivity contribution is 7.09. The number of hydrogen-bond acceptors (Lipinski definition) is 4. The summed E-state index contributed by atoms with van der Waals surface area (Å²) in [4.78, 5) is 19.7. The molecule has 0 saturated heterocycles. The molecular formula is C11H12N4OS. The van der Waals surface area contributed by atoms with E-state index in [2.05, 4.69) is 20.6 Å². The number of aryl methyl sites for hydroxylation is 1. The molecule has 17 heavy (non-hydrogen) atoms. The second-order valence-electron chi connectivity index (χ2n) is 3.41. The summed E-state index contributed by atoms with van der Waals surface area (Å²) in [6, 6.07) is 3.28. The van der Waals surface area contributed by atoms with E-state index in [1.165, 1.54) is 0 Å². The monoisotopic (exact) mass is 248 g/mol. The van der Waals surface area contributed by atoms with E-state index in [4.69, 9.17) is 0 Å². The molecule has 0 unspecified atom stereocenters. The minimum absolute atomic E-state index is 0.261. The van der Waals surface area contributed by atoms with Gasteiger partial charge >= 0.3 is 6.03 Å². The Morgan fingerprint density at radius 1 is 1.53 bits per heavy atom. The van der Waals surface area contributed by atoms with Gasteiger partial charge in [-0.05, 0) is 19.1 Å². The Morgan fingerprint density at radius 2 is 2.41 bits per heavy atom. The van der Waals surface area contributed by atoms with Crippen molar-refractivity contribution in [3.63, 3.8) is 0 Å². The van der Waals surface area contributed by atoms with Crippen LogP contribution >= 0.6 is 11.3 Å². The highest BCUT2D eigenvalue weighted by Gasteiger charge is 2.03. The van der Waals surface area contributed by atoms with E-state index < -0.39 is 0 Å². The van der Waals surface area contributed by atoms with Crippen LogP contribution in [0.15, 0.2) is 29.9 Å². The van der Waals surface area contributed by atoms with E-state index in [9.17, 15) is 4.79 Å². The van der Waals surface area contributed by atoms with Gasteiger partial charge in [0.25, 0.3) is 0 Å². The largest absolute Gasteiger partial charge is 0.332 e. The molecule has 0 aliphatic carbocycles. The first-order valence-corrected chi connectivity index (χ1v) is 5.98. The summed E-state index contributed by atoms with van der Waals surface area (Å²) in [7, 11) is 0. The lowest BCUT2D eigenvalue weighted by Crippen LogP contribution is -2.28. The van der Waals surface area contributed by atoms with Crippen molar-refractivity contribution in [3.8, 4) is 0 Å². The van der Waals surface area contributed by atoms with Crippen LogP contribution in [0.5, 0.6) is 0 Å². The molecule has 2 N–H and O–H groups in total. The first-order chi connectivity index (χ1) is 8.24. The molecule has 2 aromatic heterocycles. The van der Waals surface area contributed by atoms with Crippen LogP contribution in [-0.2, 0) is 6.54 Å². The second kappa shape index (κ2) is 5.40. The van der Waals surface area contributed by atoms with Crippen molar-refractivity contribution in [2.45, 2.75) is 13.5 Å². The Labute approximate surface area is 103 Å². The first-order valence-electron chi connectivity index (χ1n) is 5.10. The molecular weight excluding hydrogens is 236 g/mol. The quantitative estimate of drug-likeness (QED) is 0.874. The number of nitrogens with zero attached hydrogens (tertiary/aromatic N) is 2. The smallest absolute Gasteiger partial charge is 0.319 e. The molecule has 2 heterocycles. The van der Waals surface area contributed by atoms with Crippen molar-refractivity contribution in [2.75, 3.05) is 5.32 Å². The Bertz CT molecular complexity index is 497. The summed E-state index contributed by atoms with van der Waals surface area (Å²) < 4.78 is 0. The topological polar surface area (TPSA) is 66.9 Å². The SMILES string of the molecule is Cc1nc(CNC(=O)Nc2cccnc2)cs1. The fourth-order valence-corrected chi connectivity index (χ4v) is 1.88. The van der Waals surface area contributed by atoms with Gasteiger partial charge in [-0.3, -0.25) is 4.98 Å². The highest BCUT2D eigenvalue weighted by atomic mass is 32.1. The van der Waals surface area contributed by atoms with Crippen LogP contribution in [0.3, 0.4) is 0 Å². The van der Waals surface area contributed by atoms with E-state index in [0.29, 0.717) is 12.2 Å². The van der Waals surface area contributed by atoms with Crippen LogP contribution < -0.4 is 10.6 Å². The molecule has 0 atom stereocenters. The number of rotatable bonds is 3. The molecule has 0 fully saturated rings. The summed E-state index contributed by atoms with van der Waals surface area (Å²) in [6.45, 7) is 2.36. The number of carbonyl (C=O) groups is 1. The highest BCUT2D eigenvalue weighted by Crippen LogP contribution is 2.07. The lowest BCUT2D eigenvalue weighted by Gasteiger charge is -2.05. The number of carbonyl (C=O) groups excluding carboxylic acids is 1. The van der Waals surface area contributed by atoms with E-state index in [1.54, 1.807) is 35.9 Å². The molecule has 0 aromatic carbocycles. The summed E-state index contributed by atoms with van der Waals surface area (Å²) in [5, 5.41) is 8.33. The van der Waals surface area contributed by atoms with Gasteiger partial charge in [0, 0.05) is 11.6 Å². The number of thiazole rings is 1. The molecule has 0 saturated carbocycles. The fraction of sp³-hybridized carbons (Fsp3) is 0.182. The average Bonchev–Trinajstić information content (AvgIpc) is 2.74. The van der Waals surface area contributed by atoms with Crippen molar-refractivity contribution in [1.82, 2.24) is 15.3 Å². The minimum Gasteiger partial charge on any atom is -0.332 e. The van der Waals surface area contributed by atoms with Crippen molar-refractivity contribution in [3.05, 3.63) is 40.6 Å². The number of pyridine rings is 1. The second-order valence-corrected chi connectivity index (χ2v) is 4.47. The number of aromatic nitrogens is 2. The Hall–Kier alpha value is -1.95. The van der Waals surface area contributed by atoms with Crippen molar-refractivity contribution < 1.29 is 4.79 Å². The van der Waals surface area contributed by atoms with Crippen LogP contribution in [0.1, 0.15) is 10.7 Å². The van der Waals surface area contributed by atoms with Crippen LogP contribution in [0.2, 0.25) is 0 Å². The third kappa shape index (κ3) is 3.53. The summed E-state index contributed by atoms with van der Waals surface area (Å²) >= 11 is 1.57. The van der Waals surface area contributed by atoms with E-state index in [0.717, 1.165) is 10.7 Å². The fourth-order valence-electron chi connectivity index (χ4n) is 1.27. The number of hydrogen-bond donors (Lipinski definition) is 2. The molecule has 0 bridgehead atoms. The molecule has 2 rings (SSSR count). The summed E-state index contributed by atoms with van der Waals surface area (Å²) in [5.74, 6) is 0. The Morgan fingerprint density at radius 3 is 3.06 bits per heavy atom. The molecule has 0 radical (unpaired) electrons. The zero-order chi connectivity index (χ0) is 12.1. The molecule has 2 amide bonds. The Kier molecular flexibility index (Phi) is 3.66. The molecule has 88 valence electrons. The normalized spacial score (nSPS) is 9.94.